The van der Waals surface area contributed by atoms with Crippen molar-refractivity contribution in [3.63, 3.8) is 0 Å². The van der Waals surface area contributed by atoms with Gasteiger partial charge in [0.2, 0.25) is 5.91 Å². The number of rotatable bonds is 4. The van der Waals surface area contributed by atoms with Crippen LogP contribution in [-0.4, -0.2) is 31.0 Å². The lowest BCUT2D eigenvalue weighted by molar-refractivity contribution is -0.126. The van der Waals surface area contributed by atoms with Gasteiger partial charge in [0.15, 0.2) is 0 Å². The maximum absolute atomic E-state index is 11.3. The van der Waals surface area contributed by atoms with Crippen LogP contribution in [0.5, 0.6) is 0 Å². The molecule has 4 heteroatoms. The van der Waals surface area contributed by atoms with Crippen molar-refractivity contribution >= 4 is 17.5 Å². The molecule has 1 amide bonds. The van der Waals surface area contributed by atoms with Gasteiger partial charge in [-0.2, -0.15) is 0 Å². The lowest BCUT2D eigenvalue weighted by atomic mass is 9.89. The first-order chi connectivity index (χ1) is 6.17. The van der Waals surface area contributed by atoms with Gasteiger partial charge in [-0.3, -0.25) is 4.79 Å². The first-order valence-corrected chi connectivity index (χ1v) is 5.10. The van der Waals surface area contributed by atoms with E-state index in [1.807, 2.05) is 6.92 Å². The lowest BCUT2D eigenvalue weighted by Gasteiger charge is -2.35. The van der Waals surface area contributed by atoms with Crippen LogP contribution in [0.3, 0.4) is 0 Å². The molecule has 1 fully saturated rings. The number of halogens is 1. The van der Waals surface area contributed by atoms with E-state index in [4.69, 9.17) is 16.3 Å². The second-order valence-corrected chi connectivity index (χ2v) is 3.90. The van der Waals surface area contributed by atoms with E-state index in [9.17, 15) is 4.79 Å². The van der Waals surface area contributed by atoms with Gasteiger partial charge in [-0.15, -0.1) is 11.6 Å². The van der Waals surface area contributed by atoms with Gasteiger partial charge in [-0.05, 0) is 12.8 Å². The minimum absolute atomic E-state index is 0.0505. The minimum Gasteiger partial charge on any atom is -0.381 e. The Morgan fingerprint density at radius 2 is 2.31 bits per heavy atom. The minimum atomic E-state index is -0.0942. The molecule has 0 saturated heterocycles. The van der Waals surface area contributed by atoms with Crippen molar-refractivity contribution in [3.05, 3.63) is 0 Å². The number of carbonyl (C=O) groups is 1. The van der Waals surface area contributed by atoms with E-state index in [2.05, 4.69) is 5.32 Å². The van der Waals surface area contributed by atoms with E-state index in [0.717, 1.165) is 12.8 Å². The van der Waals surface area contributed by atoms with E-state index >= 15 is 0 Å². The quantitative estimate of drug-likeness (QED) is 0.700. The molecule has 0 aromatic rings. The van der Waals surface area contributed by atoms with Gasteiger partial charge >= 0.3 is 0 Å². The van der Waals surface area contributed by atoms with Crippen LogP contribution in [0.4, 0.5) is 0 Å². The van der Waals surface area contributed by atoms with E-state index in [-0.39, 0.29) is 11.8 Å². The molecule has 0 aromatic heterocycles. The maximum Gasteiger partial charge on any atom is 0.224 e. The Hall–Kier alpha value is -0.280. The summed E-state index contributed by atoms with van der Waals surface area (Å²) in [5.41, 5.74) is 0. The molecular weight excluding hydrogens is 190 g/mol. The number of ether oxygens (including phenoxy) is 1. The largest absolute Gasteiger partial charge is 0.381 e. The van der Waals surface area contributed by atoms with Crippen molar-refractivity contribution in [3.8, 4) is 0 Å². The first-order valence-electron chi connectivity index (χ1n) is 4.56. The Morgan fingerprint density at radius 1 is 1.69 bits per heavy atom. The summed E-state index contributed by atoms with van der Waals surface area (Å²) in [7, 11) is 1.70. The molecule has 0 bridgehead atoms. The highest BCUT2D eigenvalue weighted by molar-refractivity contribution is 6.19. The predicted molar refractivity (Wildman–Crippen MR) is 51.8 cm³/mol. The molecular formula is C9H16ClNO2. The number of carbonyl (C=O) groups excluding carboxylic acids is 1. The number of hydrogen-bond acceptors (Lipinski definition) is 2. The van der Waals surface area contributed by atoms with Crippen LogP contribution < -0.4 is 5.32 Å². The third-order valence-corrected chi connectivity index (χ3v) is 2.92. The summed E-state index contributed by atoms with van der Waals surface area (Å²) in [5, 5.41) is 2.93. The molecule has 0 radical (unpaired) electrons. The molecule has 0 aliphatic heterocycles. The zero-order valence-corrected chi connectivity index (χ0v) is 8.80. The van der Waals surface area contributed by atoms with Gasteiger partial charge in [0.25, 0.3) is 0 Å². The normalized spacial score (nSPS) is 29.2. The topological polar surface area (TPSA) is 38.3 Å². The Balaban J connectivity index is 2.16. The summed E-state index contributed by atoms with van der Waals surface area (Å²) < 4.78 is 5.11. The average Bonchev–Trinajstić information content (AvgIpc) is 2.08. The van der Waals surface area contributed by atoms with E-state index in [1.165, 1.54) is 0 Å². The van der Waals surface area contributed by atoms with E-state index in [0.29, 0.717) is 18.0 Å². The second kappa shape index (κ2) is 4.82. The Labute approximate surface area is 83.8 Å². The van der Waals surface area contributed by atoms with Crippen molar-refractivity contribution in [1.82, 2.24) is 5.32 Å². The van der Waals surface area contributed by atoms with Crippen LogP contribution in [0, 0.1) is 5.92 Å². The van der Waals surface area contributed by atoms with Crippen molar-refractivity contribution in [2.24, 2.45) is 5.92 Å². The molecule has 13 heavy (non-hydrogen) atoms. The van der Waals surface area contributed by atoms with Crippen LogP contribution in [0.25, 0.3) is 0 Å². The third kappa shape index (κ3) is 2.85. The Morgan fingerprint density at radius 3 is 2.77 bits per heavy atom. The number of nitrogens with one attached hydrogen (secondary N) is 1. The molecule has 1 aliphatic rings. The van der Waals surface area contributed by atoms with E-state index < -0.39 is 0 Å². The molecule has 1 rings (SSSR count). The highest BCUT2D eigenvalue weighted by Crippen LogP contribution is 2.22. The summed E-state index contributed by atoms with van der Waals surface area (Å²) in [6.45, 7) is 1.83. The number of hydrogen-bond donors (Lipinski definition) is 1. The van der Waals surface area contributed by atoms with Gasteiger partial charge < -0.3 is 10.1 Å². The standard InChI is InChI=1S/C9H16ClNO2/c1-6(5-10)9(12)11-7-3-8(4-7)13-2/h6-8H,3-5H2,1-2H3,(H,11,12). The molecule has 76 valence electrons. The van der Waals surface area contributed by atoms with Gasteiger partial charge in [0.05, 0.1) is 6.10 Å². The highest BCUT2D eigenvalue weighted by atomic mass is 35.5. The van der Waals surface area contributed by atoms with Crippen LogP contribution in [0.15, 0.2) is 0 Å². The maximum atomic E-state index is 11.3. The summed E-state index contributed by atoms with van der Waals surface area (Å²) in [5.74, 6) is 0.338. The van der Waals surface area contributed by atoms with Gasteiger partial charge in [-0.25, -0.2) is 0 Å². The smallest absolute Gasteiger partial charge is 0.224 e. The zero-order chi connectivity index (χ0) is 9.84. The fourth-order valence-electron chi connectivity index (χ4n) is 1.29. The molecule has 0 spiro atoms. The molecule has 1 saturated carbocycles. The van der Waals surface area contributed by atoms with Crippen LogP contribution in [0.2, 0.25) is 0 Å². The summed E-state index contributed by atoms with van der Waals surface area (Å²) >= 11 is 5.56. The molecule has 1 atom stereocenters. The lowest BCUT2D eigenvalue weighted by Crippen LogP contribution is -2.49. The average molecular weight is 206 g/mol. The predicted octanol–water partition coefficient (Wildman–Crippen LogP) is 1.15. The fraction of sp³-hybridized carbons (Fsp3) is 0.889. The summed E-state index contributed by atoms with van der Waals surface area (Å²) in [6.07, 6.45) is 2.19. The molecule has 0 aromatic carbocycles. The monoisotopic (exact) mass is 205 g/mol. The van der Waals surface area contributed by atoms with Gasteiger partial charge in [0, 0.05) is 24.9 Å². The van der Waals surface area contributed by atoms with Gasteiger partial charge in [0.1, 0.15) is 0 Å². The van der Waals surface area contributed by atoms with E-state index in [1.54, 1.807) is 7.11 Å². The number of alkyl halides is 1. The second-order valence-electron chi connectivity index (χ2n) is 3.59. The molecule has 1 aliphatic carbocycles. The zero-order valence-electron chi connectivity index (χ0n) is 8.05. The third-order valence-electron chi connectivity index (χ3n) is 2.45. The van der Waals surface area contributed by atoms with Crippen molar-refractivity contribution in [2.45, 2.75) is 31.9 Å². The van der Waals surface area contributed by atoms with Crippen molar-refractivity contribution in [1.29, 1.82) is 0 Å². The van der Waals surface area contributed by atoms with Crippen molar-refractivity contribution < 1.29 is 9.53 Å². The molecule has 1 N–H and O–H groups in total. The van der Waals surface area contributed by atoms with Crippen LogP contribution in [-0.2, 0) is 9.53 Å². The van der Waals surface area contributed by atoms with Crippen LogP contribution in [0.1, 0.15) is 19.8 Å². The molecule has 1 unspecified atom stereocenters. The number of methoxy groups -OCH3 is 1. The fourth-order valence-corrected chi connectivity index (χ4v) is 1.43. The SMILES string of the molecule is COC1CC(NC(=O)C(C)CCl)C1. The Kier molecular flexibility index (Phi) is 4.00. The summed E-state index contributed by atoms with van der Waals surface area (Å²) in [4.78, 5) is 11.3. The molecule has 0 heterocycles. The number of amides is 1. The van der Waals surface area contributed by atoms with Crippen LogP contribution >= 0.6 is 11.6 Å². The highest BCUT2D eigenvalue weighted by Gasteiger charge is 2.30. The molecule has 3 nitrogen and oxygen atoms in total. The Bertz CT molecular complexity index is 180. The van der Waals surface area contributed by atoms with Gasteiger partial charge in [-0.1, -0.05) is 6.92 Å². The van der Waals surface area contributed by atoms with Crippen molar-refractivity contribution in [2.75, 3.05) is 13.0 Å². The summed E-state index contributed by atoms with van der Waals surface area (Å²) in [6, 6.07) is 0.295. The first kappa shape index (κ1) is 10.8.